The van der Waals surface area contributed by atoms with Crippen LogP contribution in [0.1, 0.15) is 11.7 Å². The first kappa shape index (κ1) is 13.3. The summed E-state index contributed by atoms with van der Waals surface area (Å²) in [6.07, 6.45) is 0. The molecular formula is C12H19N5O3. The monoisotopic (exact) mass is 281 g/mol. The minimum absolute atomic E-state index is 0.00610. The molecule has 3 rings (SSSR count). The number of aryl methyl sites for hydroxylation is 1. The first-order valence-electron chi connectivity index (χ1n) is 6.85. The summed E-state index contributed by atoms with van der Waals surface area (Å²) in [6.45, 7) is 6.77. The number of hydrogen-bond donors (Lipinski definition) is 1. The molecular weight excluding hydrogens is 262 g/mol. The van der Waals surface area contributed by atoms with E-state index in [9.17, 15) is 4.79 Å². The average molecular weight is 281 g/mol. The molecule has 3 heterocycles. The minimum atomic E-state index is 0.00610. The SMILES string of the molecule is Cc1noc(CN2CCN(C(=O)NC3COC3)CC2)n1. The third-order valence-electron chi connectivity index (χ3n) is 3.55. The summed E-state index contributed by atoms with van der Waals surface area (Å²) < 4.78 is 10.2. The molecule has 0 atom stereocenters. The van der Waals surface area contributed by atoms with Crippen LogP contribution >= 0.6 is 0 Å². The lowest BCUT2D eigenvalue weighted by atomic mass is 10.2. The van der Waals surface area contributed by atoms with Crippen LogP contribution in [0, 0.1) is 6.92 Å². The molecule has 2 amide bonds. The lowest BCUT2D eigenvalue weighted by Crippen LogP contribution is -2.56. The van der Waals surface area contributed by atoms with E-state index >= 15 is 0 Å². The summed E-state index contributed by atoms with van der Waals surface area (Å²) in [4.78, 5) is 20.2. The Morgan fingerprint density at radius 3 is 2.65 bits per heavy atom. The van der Waals surface area contributed by atoms with E-state index in [1.807, 2.05) is 4.90 Å². The fourth-order valence-electron chi connectivity index (χ4n) is 2.29. The van der Waals surface area contributed by atoms with Crippen LogP contribution in [0.2, 0.25) is 0 Å². The van der Waals surface area contributed by atoms with Gasteiger partial charge in [0.2, 0.25) is 5.89 Å². The Labute approximate surface area is 117 Å². The molecule has 8 nitrogen and oxygen atoms in total. The topological polar surface area (TPSA) is 83.7 Å². The maximum Gasteiger partial charge on any atom is 0.317 e. The number of amides is 2. The number of ether oxygens (including phenoxy) is 1. The number of nitrogens with one attached hydrogen (secondary N) is 1. The zero-order valence-corrected chi connectivity index (χ0v) is 11.5. The molecule has 2 aliphatic rings. The van der Waals surface area contributed by atoms with Crippen molar-refractivity contribution < 1.29 is 14.1 Å². The maximum absolute atomic E-state index is 12.0. The van der Waals surface area contributed by atoms with Crippen LogP contribution in [0.15, 0.2) is 4.52 Å². The summed E-state index contributed by atoms with van der Waals surface area (Å²) in [6, 6.07) is 0.188. The van der Waals surface area contributed by atoms with Gasteiger partial charge >= 0.3 is 6.03 Å². The first-order valence-corrected chi connectivity index (χ1v) is 6.85. The number of urea groups is 1. The van der Waals surface area contributed by atoms with Crippen molar-refractivity contribution in [3.05, 3.63) is 11.7 Å². The highest BCUT2D eigenvalue weighted by molar-refractivity contribution is 5.74. The maximum atomic E-state index is 12.0. The number of rotatable bonds is 3. The molecule has 0 bridgehead atoms. The van der Waals surface area contributed by atoms with Crippen LogP contribution < -0.4 is 5.32 Å². The molecule has 0 radical (unpaired) electrons. The van der Waals surface area contributed by atoms with E-state index < -0.39 is 0 Å². The zero-order chi connectivity index (χ0) is 13.9. The van der Waals surface area contributed by atoms with Crippen molar-refractivity contribution in [2.45, 2.75) is 19.5 Å². The van der Waals surface area contributed by atoms with Gasteiger partial charge < -0.3 is 19.5 Å². The second-order valence-electron chi connectivity index (χ2n) is 5.18. The molecule has 2 saturated heterocycles. The molecule has 0 saturated carbocycles. The van der Waals surface area contributed by atoms with Gasteiger partial charge in [0.05, 0.1) is 25.8 Å². The van der Waals surface area contributed by atoms with Gasteiger partial charge in [0.25, 0.3) is 0 Å². The van der Waals surface area contributed by atoms with Crippen LogP contribution in [-0.2, 0) is 11.3 Å². The lowest BCUT2D eigenvalue weighted by molar-refractivity contribution is -0.00297. The molecule has 1 N–H and O–H groups in total. The summed E-state index contributed by atoms with van der Waals surface area (Å²) in [5.41, 5.74) is 0. The fraction of sp³-hybridized carbons (Fsp3) is 0.750. The van der Waals surface area contributed by atoms with E-state index in [0.717, 1.165) is 13.1 Å². The predicted molar refractivity (Wildman–Crippen MR) is 69.0 cm³/mol. The van der Waals surface area contributed by atoms with Gasteiger partial charge in [-0.05, 0) is 6.92 Å². The Morgan fingerprint density at radius 2 is 2.10 bits per heavy atom. The van der Waals surface area contributed by atoms with Crippen molar-refractivity contribution in [2.24, 2.45) is 0 Å². The van der Waals surface area contributed by atoms with Crippen molar-refractivity contribution in [1.29, 1.82) is 0 Å². The second-order valence-corrected chi connectivity index (χ2v) is 5.18. The Bertz CT molecular complexity index is 465. The molecule has 2 fully saturated rings. The van der Waals surface area contributed by atoms with Crippen LogP contribution in [0.4, 0.5) is 4.79 Å². The fourth-order valence-corrected chi connectivity index (χ4v) is 2.29. The van der Waals surface area contributed by atoms with E-state index in [4.69, 9.17) is 9.26 Å². The summed E-state index contributed by atoms with van der Waals surface area (Å²) in [5.74, 6) is 1.28. The third kappa shape index (κ3) is 3.07. The highest BCUT2D eigenvalue weighted by atomic mass is 16.5. The van der Waals surface area contributed by atoms with Gasteiger partial charge in [-0.2, -0.15) is 4.98 Å². The summed E-state index contributed by atoms with van der Waals surface area (Å²) in [5, 5.41) is 6.73. The lowest BCUT2D eigenvalue weighted by Gasteiger charge is -2.36. The molecule has 0 spiro atoms. The zero-order valence-electron chi connectivity index (χ0n) is 11.5. The Balaban J connectivity index is 1.43. The Morgan fingerprint density at radius 1 is 1.35 bits per heavy atom. The van der Waals surface area contributed by atoms with Gasteiger partial charge in [0.15, 0.2) is 5.82 Å². The van der Waals surface area contributed by atoms with Crippen molar-refractivity contribution >= 4 is 6.03 Å². The van der Waals surface area contributed by atoms with Crippen LogP contribution in [0.5, 0.6) is 0 Å². The van der Waals surface area contributed by atoms with E-state index in [1.165, 1.54) is 0 Å². The van der Waals surface area contributed by atoms with Crippen molar-refractivity contribution in [3.63, 3.8) is 0 Å². The molecule has 20 heavy (non-hydrogen) atoms. The number of aromatic nitrogens is 2. The van der Waals surface area contributed by atoms with Gasteiger partial charge in [0, 0.05) is 26.2 Å². The Hall–Kier alpha value is -1.67. The van der Waals surface area contributed by atoms with E-state index in [-0.39, 0.29) is 12.1 Å². The number of piperazine rings is 1. The van der Waals surface area contributed by atoms with E-state index in [2.05, 4.69) is 20.4 Å². The summed E-state index contributed by atoms with van der Waals surface area (Å²) >= 11 is 0. The van der Waals surface area contributed by atoms with Crippen molar-refractivity contribution in [1.82, 2.24) is 25.3 Å². The van der Waals surface area contributed by atoms with Gasteiger partial charge in [0.1, 0.15) is 0 Å². The predicted octanol–water partition coefficient (Wildman–Crippen LogP) is -0.396. The van der Waals surface area contributed by atoms with Gasteiger partial charge in [-0.3, -0.25) is 4.90 Å². The van der Waals surface area contributed by atoms with Crippen molar-refractivity contribution in [3.8, 4) is 0 Å². The van der Waals surface area contributed by atoms with E-state index in [0.29, 0.717) is 44.6 Å². The van der Waals surface area contributed by atoms with Crippen LogP contribution in [0.3, 0.4) is 0 Å². The molecule has 0 aromatic carbocycles. The van der Waals surface area contributed by atoms with Gasteiger partial charge in [-0.15, -0.1) is 0 Å². The van der Waals surface area contributed by atoms with E-state index in [1.54, 1.807) is 6.92 Å². The molecule has 0 unspecified atom stereocenters. The molecule has 1 aromatic rings. The van der Waals surface area contributed by atoms with Gasteiger partial charge in [-0.25, -0.2) is 4.79 Å². The van der Waals surface area contributed by atoms with Gasteiger partial charge in [-0.1, -0.05) is 5.16 Å². The minimum Gasteiger partial charge on any atom is -0.377 e. The van der Waals surface area contributed by atoms with Crippen LogP contribution in [0.25, 0.3) is 0 Å². The number of nitrogens with zero attached hydrogens (tertiary/aromatic N) is 4. The highest BCUT2D eigenvalue weighted by Gasteiger charge is 2.26. The molecule has 110 valence electrons. The highest BCUT2D eigenvalue weighted by Crippen LogP contribution is 2.08. The molecule has 0 aliphatic carbocycles. The standard InChI is InChI=1S/C12H19N5O3/c1-9-13-11(20-15-9)6-16-2-4-17(5-3-16)12(18)14-10-7-19-8-10/h10H,2-8H2,1H3,(H,14,18). The van der Waals surface area contributed by atoms with Crippen LogP contribution in [-0.4, -0.2) is 71.4 Å². The first-order chi connectivity index (χ1) is 9.70. The summed E-state index contributed by atoms with van der Waals surface area (Å²) in [7, 11) is 0. The normalized spacial score (nSPS) is 20.8. The van der Waals surface area contributed by atoms with Crippen molar-refractivity contribution in [2.75, 3.05) is 39.4 Å². The largest absolute Gasteiger partial charge is 0.377 e. The molecule has 8 heteroatoms. The smallest absolute Gasteiger partial charge is 0.317 e. The third-order valence-corrected chi connectivity index (χ3v) is 3.55. The second kappa shape index (κ2) is 5.76. The number of hydrogen-bond acceptors (Lipinski definition) is 6. The number of carbonyl (C=O) groups is 1. The number of carbonyl (C=O) groups excluding carboxylic acids is 1. The molecule has 1 aromatic heterocycles. The Kier molecular flexibility index (Phi) is 3.83. The average Bonchev–Trinajstić information content (AvgIpc) is 2.80. The molecule has 2 aliphatic heterocycles. The quantitative estimate of drug-likeness (QED) is 0.812.